The normalized spacial score (nSPS) is 16.1. The highest BCUT2D eigenvalue weighted by molar-refractivity contribution is 7.01. The number of rotatable bonds is 1. The molecule has 2 aliphatic rings. The average Bonchev–Trinajstić information content (AvgIpc) is 2.92. The van der Waals surface area contributed by atoms with E-state index in [1.807, 2.05) is 18.6 Å². The van der Waals surface area contributed by atoms with E-state index in [4.69, 9.17) is 15.0 Å². The number of fused-ring (bicyclic) bond motifs is 8. The van der Waals surface area contributed by atoms with E-state index in [0.717, 1.165) is 17.0 Å². The summed E-state index contributed by atoms with van der Waals surface area (Å²) >= 11 is 0. The summed E-state index contributed by atoms with van der Waals surface area (Å²) in [5, 5.41) is 2.76. The topological polar surface area (TPSA) is 38.7 Å². The highest BCUT2D eigenvalue weighted by atomic mass is 28.3. The van der Waals surface area contributed by atoms with Gasteiger partial charge < -0.3 is 0 Å². The van der Waals surface area contributed by atoms with Gasteiger partial charge in [-0.05, 0) is 39.7 Å². The fourth-order valence-electron chi connectivity index (χ4n) is 6.51. The summed E-state index contributed by atoms with van der Waals surface area (Å²) in [6, 6.07) is 32.7. The van der Waals surface area contributed by atoms with E-state index in [9.17, 15) is 0 Å². The minimum atomic E-state index is -2.01. The van der Waals surface area contributed by atoms with Crippen LogP contribution in [0.4, 0.5) is 0 Å². The van der Waals surface area contributed by atoms with Crippen LogP contribution in [0.5, 0.6) is 0 Å². The number of nitrogens with zero attached hydrogens (tertiary/aromatic N) is 3. The van der Waals surface area contributed by atoms with E-state index in [-0.39, 0.29) is 6.71 Å². The van der Waals surface area contributed by atoms with Crippen molar-refractivity contribution in [2.24, 2.45) is 0 Å². The van der Waals surface area contributed by atoms with Crippen molar-refractivity contribution in [3.05, 3.63) is 132 Å². The van der Waals surface area contributed by atoms with Crippen LogP contribution in [0, 0.1) is 0 Å². The molecule has 0 amide bonds. The molecule has 0 saturated carbocycles. The van der Waals surface area contributed by atoms with Crippen LogP contribution < -0.4 is 26.9 Å². The van der Waals surface area contributed by atoms with Crippen LogP contribution in [0.25, 0.3) is 0 Å². The first-order chi connectivity index (χ1) is 17.1. The zero-order chi connectivity index (χ0) is 23.6. The Morgan fingerprint density at radius 3 is 1.89 bits per heavy atom. The van der Waals surface area contributed by atoms with Gasteiger partial charge in [0.15, 0.2) is 0 Å². The minimum Gasteiger partial charge on any atom is -0.270 e. The molecule has 5 heterocycles. The van der Waals surface area contributed by atoms with E-state index in [0.29, 0.717) is 0 Å². The fourth-order valence-corrected chi connectivity index (χ4v) is 9.52. The highest BCUT2D eigenvalue weighted by Crippen LogP contribution is 2.45. The van der Waals surface area contributed by atoms with E-state index in [2.05, 4.69) is 104 Å². The Bertz CT molecular complexity index is 1500. The molecule has 0 N–H and O–H groups in total. The molecule has 3 aromatic heterocycles. The van der Waals surface area contributed by atoms with Gasteiger partial charge in [0, 0.05) is 24.2 Å². The molecule has 0 fully saturated rings. The Morgan fingerprint density at radius 1 is 0.600 bits per heavy atom. The maximum absolute atomic E-state index is 5.15. The molecule has 3 nitrogen and oxygen atoms in total. The number of benzene rings is 2. The van der Waals surface area contributed by atoms with Gasteiger partial charge in [0.25, 0.3) is 6.71 Å². The molecule has 0 saturated heterocycles. The van der Waals surface area contributed by atoms with Crippen molar-refractivity contribution in [1.29, 1.82) is 0 Å². The molecular weight excluding hydrogens is 441 g/mol. The van der Waals surface area contributed by atoms with Crippen LogP contribution in [-0.2, 0) is 5.41 Å². The smallest absolute Gasteiger partial charge is 0.265 e. The second-order valence-corrected chi connectivity index (χ2v) is 14.4. The van der Waals surface area contributed by atoms with Gasteiger partial charge in [0.2, 0.25) is 0 Å². The van der Waals surface area contributed by atoms with Crippen LogP contribution in [-0.4, -0.2) is 29.7 Å². The van der Waals surface area contributed by atoms with E-state index < -0.39 is 13.5 Å². The molecule has 0 unspecified atom stereocenters. The van der Waals surface area contributed by atoms with E-state index in [1.54, 1.807) is 0 Å². The molecule has 5 heteroatoms. The summed E-state index contributed by atoms with van der Waals surface area (Å²) in [5.41, 5.74) is 7.72. The van der Waals surface area contributed by atoms with Crippen LogP contribution in [0.15, 0.2) is 110 Å². The molecule has 0 bridgehead atoms. The lowest BCUT2D eigenvalue weighted by molar-refractivity contribution is 0.694. The van der Waals surface area contributed by atoms with Crippen molar-refractivity contribution < 1.29 is 0 Å². The first kappa shape index (κ1) is 20.5. The van der Waals surface area contributed by atoms with Crippen molar-refractivity contribution in [1.82, 2.24) is 15.0 Å². The molecule has 0 aliphatic carbocycles. The molecule has 35 heavy (non-hydrogen) atoms. The lowest BCUT2D eigenvalue weighted by Gasteiger charge is -2.48. The molecule has 2 aromatic carbocycles. The third-order valence-corrected chi connectivity index (χ3v) is 11.5. The molecule has 1 spiro atoms. The van der Waals surface area contributed by atoms with Crippen molar-refractivity contribution in [2.45, 2.75) is 18.5 Å². The Balaban J connectivity index is 1.69. The number of hydrogen-bond donors (Lipinski definition) is 0. The van der Waals surface area contributed by atoms with Gasteiger partial charge in [-0.3, -0.25) is 15.0 Å². The Labute approximate surface area is 207 Å². The largest absolute Gasteiger partial charge is 0.270 e. The molecule has 5 aromatic rings. The lowest BCUT2D eigenvalue weighted by Crippen LogP contribution is -2.69. The molecule has 166 valence electrons. The summed E-state index contributed by atoms with van der Waals surface area (Å²) in [6.07, 6.45) is 5.82. The van der Waals surface area contributed by atoms with Gasteiger partial charge in [-0.15, -0.1) is 0 Å². The van der Waals surface area contributed by atoms with Gasteiger partial charge in [-0.2, -0.15) is 0 Å². The van der Waals surface area contributed by atoms with Gasteiger partial charge >= 0.3 is 0 Å². The molecular formula is C30H24BN3Si. The Morgan fingerprint density at radius 2 is 1.17 bits per heavy atom. The third kappa shape index (κ3) is 2.59. The first-order valence-electron chi connectivity index (χ1n) is 12.2. The highest BCUT2D eigenvalue weighted by Gasteiger charge is 2.56. The maximum atomic E-state index is 5.15. The van der Waals surface area contributed by atoms with Crippen LogP contribution in [0.3, 0.4) is 0 Å². The quantitative estimate of drug-likeness (QED) is 0.350. The molecule has 0 radical (unpaired) electrons. The Kier molecular flexibility index (Phi) is 4.30. The number of pyridine rings is 3. The fraction of sp³-hybridized carbons (Fsp3) is 0.100. The van der Waals surface area contributed by atoms with Crippen LogP contribution in [0.2, 0.25) is 13.1 Å². The second-order valence-electron chi connectivity index (χ2n) is 10.0. The van der Waals surface area contributed by atoms with Crippen molar-refractivity contribution in [2.75, 3.05) is 0 Å². The van der Waals surface area contributed by atoms with Gasteiger partial charge in [-0.1, -0.05) is 96.8 Å². The Hall–Kier alpha value is -3.83. The predicted molar refractivity (Wildman–Crippen MR) is 146 cm³/mol. The maximum Gasteiger partial charge on any atom is 0.265 e. The second kappa shape index (κ2) is 7.33. The zero-order valence-corrected chi connectivity index (χ0v) is 20.8. The SMILES string of the molecule is C[Si]1(C)c2cccnc2C2(c3ccccc3B(c3ccccc3)c3ncccc32)c2ncccc21. The van der Waals surface area contributed by atoms with Crippen LogP contribution in [0.1, 0.15) is 22.5 Å². The monoisotopic (exact) mass is 465 g/mol. The summed E-state index contributed by atoms with van der Waals surface area (Å²) in [4.78, 5) is 15.4. The van der Waals surface area contributed by atoms with Crippen molar-refractivity contribution in [3.8, 4) is 0 Å². The van der Waals surface area contributed by atoms with E-state index >= 15 is 0 Å². The van der Waals surface area contributed by atoms with Gasteiger partial charge in [0.05, 0.1) is 11.4 Å². The summed E-state index contributed by atoms with van der Waals surface area (Å²) in [7, 11) is -2.01. The van der Waals surface area contributed by atoms with E-state index in [1.165, 1.54) is 32.4 Å². The van der Waals surface area contributed by atoms with Gasteiger partial charge in [-0.25, -0.2) is 0 Å². The zero-order valence-electron chi connectivity index (χ0n) is 19.8. The third-order valence-electron chi connectivity index (χ3n) is 8.00. The standard InChI is InChI=1S/C30H24BN3Si/c1-35(2)25-16-9-18-32-27(25)30(28-26(35)17-10-19-33-28)22-13-6-7-15-24(22)31(21-11-4-3-5-12-21)29-23(30)14-8-20-34-29/h3-20H,1-2H3. The molecule has 7 rings (SSSR count). The van der Waals surface area contributed by atoms with Crippen LogP contribution >= 0.6 is 0 Å². The molecule has 2 aliphatic heterocycles. The predicted octanol–water partition coefficient (Wildman–Crippen LogP) is 2.22. The molecule has 0 atom stereocenters. The lowest BCUT2D eigenvalue weighted by atomic mass is 9.32. The first-order valence-corrected chi connectivity index (χ1v) is 15.2. The number of hydrogen-bond acceptors (Lipinski definition) is 3. The summed E-state index contributed by atoms with van der Waals surface area (Å²) in [6.45, 7) is 4.90. The average molecular weight is 465 g/mol. The van der Waals surface area contributed by atoms with Crippen molar-refractivity contribution >= 4 is 41.7 Å². The summed E-state index contributed by atoms with van der Waals surface area (Å²) < 4.78 is 0. The summed E-state index contributed by atoms with van der Waals surface area (Å²) in [5.74, 6) is 0. The van der Waals surface area contributed by atoms with Crippen molar-refractivity contribution in [3.63, 3.8) is 0 Å². The minimum absolute atomic E-state index is 0.0562. The van der Waals surface area contributed by atoms with Gasteiger partial charge in [0.1, 0.15) is 13.5 Å². The number of aromatic nitrogens is 3.